The zero-order valence-electron chi connectivity index (χ0n) is 7.50. The number of nitrogens with two attached hydrogens (primary N) is 1. The van der Waals surface area contributed by atoms with Crippen molar-refractivity contribution in [2.75, 3.05) is 0 Å². The van der Waals surface area contributed by atoms with Gasteiger partial charge in [-0.1, -0.05) is 11.6 Å². The van der Waals surface area contributed by atoms with Crippen LogP contribution in [0, 0.1) is 0 Å². The molecular formula is C10H10ClNO2. The Morgan fingerprint density at radius 2 is 2.43 bits per heavy atom. The van der Waals surface area contributed by atoms with Crippen LogP contribution >= 0.6 is 11.6 Å². The zero-order chi connectivity index (χ0) is 10.1. The molecule has 1 aromatic rings. The molecule has 0 fully saturated rings. The van der Waals surface area contributed by atoms with Gasteiger partial charge in [-0.2, -0.15) is 0 Å². The van der Waals surface area contributed by atoms with Crippen molar-refractivity contribution in [3.8, 4) is 5.75 Å². The first-order valence-corrected chi connectivity index (χ1v) is 4.76. The third-order valence-corrected chi connectivity index (χ3v) is 2.43. The summed E-state index contributed by atoms with van der Waals surface area (Å²) in [6.45, 7) is 0. The van der Waals surface area contributed by atoms with Crippen molar-refractivity contribution in [3.63, 3.8) is 0 Å². The number of halogens is 1. The second-order valence-electron chi connectivity index (χ2n) is 3.37. The molecule has 0 bridgehead atoms. The van der Waals surface area contributed by atoms with Gasteiger partial charge >= 0.3 is 0 Å². The Hall–Kier alpha value is -1.22. The highest BCUT2D eigenvalue weighted by Gasteiger charge is 2.24. The molecule has 74 valence electrons. The fraction of sp³-hybridized carbons (Fsp3) is 0.300. The Bertz CT molecular complexity index is 378. The van der Waals surface area contributed by atoms with Gasteiger partial charge < -0.3 is 10.5 Å². The molecule has 4 heteroatoms. The van der Waals surface area contributed by atoms with Gasteiger partial charge in [0.2, 0.25) is 5.91 Å². The van der Waals surface area contributed by atoms with E-state index >= 15 is 0 Å². The fourth-order valence-corrected chi connectivity index (χ4v) is 1.82. The van der Waals surface area contributed by atoms with Crippen molar-refractivity contribution in [2.24, 2.45) is 5.73 Å². The first kappa shape index (κ1) is 9.34. The molecule has 0 spiro atoms. The minimum Gasteiger partial charge on any atom is -0.489 e. The number of primary amides is 1. The number of rotatable bonds is 2. The van der Waals surface area contributed by atoms with E-state index in [-0.39, 0.29) is 18.4 Å². The number of carbonyl (C=O) groups excluding carboxylic acids is 1. The number of ether oxygens (including phenoxy) is 1. The summed E-state index contributed by atoms with van der Waals surface area (Å²) in [7, 11) is 0. The minimum absolute atomic E-state index is 0.124. The van der Waals surface area contributed by atoms with Crippen molar-refractivity contribution in [2.45, 2.75) is 18.9 Å². The normalized spacial score (nSPS) is 18.8. The highest BCUT2D eigenvalue weighted by Crippen LogP contribution is 2.31. The summed E-state index contributed by atoms with van der Waals surface area (Å²) in [5.74, 6) is 0.467. The van der Waals surface area contributed by atoms with Crippen LogP contribution in [0.15, 0.2) is 18.2 Å². The van der Waals surface area contributed by atoms with Crippen LogP contribution in [0.3, 0.4) is 0 Å². The molecular weight excluding hydrogens is 202 g/mol. The van der Waals surface area contributed by atoms with Crippen LogP contribution in [0.2, 0.25) is 5.02 Å². The molecule has 1 atom stereocenters. The first-order chi connectivity index (χ1) is 6.65. The number of carbonyl (C=O) groups is 1. The van der Waals surface area contributed by atoms with Crippen molar-refractivity contribution >= 4 is 17.5 Å². The van der Waals surface area contributed by atoms with Crippen molar-refractivity contribution in [1.82, 2.24) is 0 Å². The molecule has 1 aromatic carbocycles. The lowest BCUT2D eigenvalue weighted by molar-refractivity contribution is -0.119. The summed E-state index contributed by atoms with van der Waals surface area (Å²) < 4.78 is 5.51. The van der Waals surface area contributed by atoms with E-state index in [0.717, 1.165) is 11.3 Å². The van der Waals surface area contributed by atoms with Crippen LogP contribution in [0.25, 0.3) is 0 Å². The van der Waals surface area contributed by atoms with Crippen molar-refractivity contribution in [3.05, 3.63) is 28.8 Å². The molecule has 1 amide bonds. The Morgan fingerprint density at radius 1 is 1.64 bits per heavy atom. The van der Waals surface area contributed by atoms with Crippen LogP contribution in [-0.2, 0) is 11.2 Å². The van der Waals surface area contributed by atoms with Crippen LogP contribution < -0.4 is 10.5 Å². The highest BCUT2D eigenvalue weighted by molar-refractivity contribution is 6.30. The van der Waals surface area contributed by atoms with E-state index in [1.165, 1.54) is 0 Å². The van der Waals surface area contributed by atoms with Gasteiger partial charge in [-0.05, 0) is 23.8 Å². The lowest BCUT2D eigenvalue weighted by atomic mass is 10.1. The largest absolute Gasteiger partial charge is 0.489 e. The molecule has 0 radical (unpaired) electrons. The van der Waals surface area contributed by atoms with Crippen molar-refractivity contribution in [1.29, 1.82) is 0 Å². The maximum Gasteiger partial charge on any atom is 0.221 e. The van der Waals surface area contributed by atoms with Crippen molar-refractivity contribution < 1.29 is 9.53 Å². The summed E-state index contributed by atoms with van der Waals surface area (Å²) in [6, 6.07) is 5.45. The topological polar surface area (TPSA) is 52.3 Å². The highest BCUT2D eigenvalue weighted by atomic mass is 35.5. The molecule has 1 aliphatic heterocycles. The second kappa shape index (κ2) is 3.50. The molecule has 2 rings (SSSR count). The number of hydrogen-bond donors (Lipinski definition) is 1. The second-order valence-corrected chi connectivity index (χ2v) is 3.80. The van der Waals surface area contributed by atoms with Gasteiger partial charge in [0.1, 0.15) is 11.9 Å². The lowest BCUT2D eigenvalue weighted by Crippen LogP contribution is -2.23. The summed E-state index contributed by atoms with van der Waals surface area (Å²) in [5.41, 5.74) is 6.14. The number of hydrogen-bond acceptors (Lipinski definition) is 2. The third kappa shape index (κ3) is 1.82. The van der Waals surface area contributed by atoms with Gasteiger partial charge in [-0.15, -0.1) is 0 Å². The van der Waals surface area contributed by atoms with Gasteiger partial charge in [0.05, 0.1) is 6.42 Å². The zero-order valence-corrected chi connectivity index (χ0v) is 8.25. The van der Waals surface area contributed by atoms with E-state index in [1.807, 2.05) is 12.1 Å². The van der Waals surface area contributed by atoms with Crippen LogP contribution in [0.1, 0.15) is 12.0 Å². The number of benzene rings is 1. The molecule has 0 aliphatic carbocycles. The van der Waals surface area contributed by atoms with E-state index < -0.39 is 0 Å². The maximum atomic E-state index is 10.7. The van der Waals surface area contributed by atoms with Crippen LogP contribution in [-0.4, -0.2) is 12.0 Å². The number of fused-ring (bicyclic) bond motifs is 1. The molecule has 14 heavy (non-hydrogen) atoms. The summed E-state index contributed by atoms with van der Waals surface area (Å²) >= 11 is 5.83. The quantitative estimate of drug-likeness (QED) is 0.807. The molecule has 0 saturated heterocycles. The predicted octanol–water partition coefficient (Wildman–Crippen LogP) is 1.52. The molecule has 3 nitrogen and oxygen atoms in total. The molecule has 1 heterocycles. The van der Waals surface area contributed by atoms with Gasteiger partial charge in [0.25, 0.3) is 0 Å². The van der Waals surface area contributed by atoms with E-state index in [2.05, 4.69) is 0 Å². The number of amides is 1. The molecule has 2 N–H and O–H groups in total. The smallest absolute Gasteiger partial charge is 0.221 e. The predicted molar refractivity (Wildman–Crippen MR) is 53.4 cm³/mol. The average molecular weight is 212 g/mol. The molecule has 0 saturated carbocycles. The Balaban J connectivity index is 2.14. The average Bonchev–Trinajstić information content (AvgIpc) is 2.44. The summed E-state index contributed by atoms with van der Waals surface area (Å²) in [5, 5.41) is 0.687. The Kier molecular flexibility index (Phi) is 2.33. The van der Waals surface area contributed by atoms with E-state index in [9.17, 15) is 4.79 Å². The SMILES string of the molecule is NC(=O)CC1Cc2cc(Cl)ccc2O1. The van der Waals surface area contributed by atoms with Crippen LogP contribution in [0.4, 0.5) is 0 Å². The standard InChI is InChI=1S/C10H10ClNO2/c11-7-1-2-9-6(3-7)4-8(14-9)5-10(12)13/h1-3,8H,4-5H2,(H2,12,13). The minimum atomic E-state index is -0.339. The first-order valence-electron chi connectivity index (χ1n) is 4.38. The Labute approximate surface area is 86.8 Å². The maximum absolute atomic E-state index is 10.7. The molecule has 1 unspecified atom stereocenters. The van der Waals surface area contributed by atoms with E-state index in [4.69, 9.17) is 22.1 Å². The Morgan fingerprint density at radius 3 is 3.14 bits per heavy atom. The van der Waals surface area contributed by atoms with Gasteiger partial charge in [-0.3, -0.25) is 4.79 Å². The van der Waals surface area contributed by atoms with Gasteiger partial charge in [0, 0.05) is 11.4 Å². The monoisotopic (exact) mass is 211 g/mol. The summed E-state index contributed by atoms with van der Waals surface area (Å²) in [6.07, 6.45) is 0.839. The van der Waals surface area contributed by atoms with Crippen LogP contribution in [0.5, 0.6) is 5.75 Å². The van der Waals surface area contributed by atoms with Gasteiger partial charge in [-0.25, -0.2) is 0 Å². The van der Waals surface area contributed by atoms with Gasteiger partial charge in [0.15, 0.2) is 0 Å². The third-order valence-electron chi connectivity index (χ3n) is 2.19. The van der Waals surface area contributed by atoms with E-state index in [1.54, 1.807) is 6.07 Å². The summed E-state index contributed by atoms with van der Waals surface area (Å²) in [4.78, 5) is 10.7. The molecule has 0 aromatic heterocycles. The molecule has 1 aliphatic rings. The lowest BCUT2D eigenvalue weighted by Gasteiger charge is -2.06. The van der Waals surface area contributed by atoms with E-state index in [0.29, 0.717) is 11.4 Å². The fourth-order valence-electron chi connectivity index (χ4n) is 1.63.